The minimum Gasteiger partial charge on any atom is -0.490 e. The van der Waals surface area contributed by atoms with E-state index in [0.29, 0.717) is 4.47 Å². The Bertz CT molecular complexity index is 578. The monoisotopic (exact) mass is 390 g/mol. The predicted molar refractivity (Wildman–Crippen MR) is 77.5 cm³/mol. The van der Waals surface area contributed by atoms with Crippen LogP contribution in [0.1, 0.15) is 13.8 Å². The standard InChI is InChI=1S/C12H14BrClF2O3S/c1-7(2)8(6-20(14,17)18)5-19-11-4-9(13)3-10(15)12(11)16/h3-4,7-8H,5-6H2,1-2H3. The van der Waals surface area contributed by atoms with E-state index in [9.17, 15) is 17.2 Å². The number of halogens is 4. The molecular weight excluding hydrogens is 378 g/mol. The first kappa shape index (κ1) is 17.7. The molecule has 1 rings (SSSR count). The van der Waals surface area contributed by atoms with Crippen LogP contribution in [0, 0.1) is 23.5 Å². The first-order valence-electron chi connectivity index (χ1n) is 5.80. The van der Waals surface area contributed by atoms with Crippen LogP contribution in [0.25, 0.3) is 0 Å². The Hall–Kier alpha value is -0.400. The van der Waals surface area contributed by atoms with Gasteiger partial charge in [0, 0.05) is 21.1 Å². The lowest BCUT2D eigenvalue weighted by atomic mass is 9.99. The first-order valence-corrected chi connectivity index (χ1v) is 9.07. The lowest BCUT2D eigenvalue weighted by molar-refractivity contribution is 0.215. The summed E-state index contributed by atoms with van der Waals surface area (Å²) < 4.78 is 54.4. The average Bonchev–Trinajstić information content (AvgIpc) is 2.28. The van der Waals surface area contributed by atoms with Crippen molar-refractivity contribution in [2.75, 3.05) is 12.4 Å². The van der Waals surface area contributed by atoms with Crippen molar-refractivity contribution in [2.24, 2.45) is 11.8 Å². The topological polar surface area (TPSA) is 43.4 Å². The molecule has 1 aromatic carbocycles. The highest BCUT2D eigenvalue weighted by Gasteiger charge is 2.22. The van der Waals surface area contributed by atoms with Crippen molar-refractivity contribution in [3.8, 4) is 5.75 Å². The van der Waals surface area contributed by atoms with Gasteiger partial charge in [0.05, 0.1) is 12.4 Å². The fourth-order valence-corrected chi connectivity index (χ4v) is 3.41. The maximum atomic E-state index is 13.5. The van der Waals surface area contributed by atoms with E-state index in [2.05, 4.69) is 15.9 Å². The van der Waals surface area contributed by atoms with Gasteiger partial charge in [0.25, 0.3) is 0 Å². The Balaban J connectivity index is 2.83. The van der Waals surface area contributed by atoms with Crippen molar-refractivity contribution >= 4 is 35.7 Å². The zero-order valence-corrected chi connectivity index (χ0v) is 14.0. The van der Waals surface area contributed by atoms with Gasteiger partial charge in [-0.2, -0.15) is 4.39 Å². The Morgan fingerprint density at radius 1 is 1.35 bits per heavy atom. The highest BCUT2D eigenvalue weighted by molar-refractivity contribution is 9.10. The maximum absolute atomic E-state index is 13.5. The average molecular weight is 392 g/mol. The van der Waals surface area contributed by atoms with Crippen molar-refractivity contribution in [2.45, 2.75) is 13.8 Å². The third-order valence-corrected chi connectivity index (χ3v) is 4.43. The van der Waals surface area contributed by atoms with Gasteiger partial charge in [-0.05, 0) is 18.1 Å². The normalized spacial score (nSPS) is 13.6. The van der Waals surface area contributed by atoms with E-state index < -0.39 is 26.6 Å². The Labute approximate surface area is 129 Å². The highest BCUT2D eigenvalue weighted by atomic mass is 79.9. The molecule has 0 spiro atoms. The van der Waals surface area contributed by atoms with E-state index in [1.54, 1.807) is 13.8 Å². The smallest absolute Gasteiger partial charge is 0.233 e. The number of hydrogen-bond acceptors (Lipinski definition) is 3. The molecule has 20 heavy (non-hydrogen) atoms. The second-order valence-corrected chi connectivity index (χ2v) is 8.46. The van der Waals surface area contributed by atoms with Crippen LogP contribution in [-0.4, -0.2) is 20.8 Å². The molecule has 1 aromatic rings. The zero-order chi connectivity index (χ0) is 15.5. The predicted octanol–water partition coefficient (Wildman–Crippen LogP) is 3.95. The summed E-state index contributed by atoms with van der Waals surface area (Å²) in [5, 5.41) is 0. The van der Waals surface area contributed by atoms with Gasteiger partial charge in [-0.3, -0.25) is 0 Å². The van der Waals surface area contributed by atoms with Crippen LogP contribution >= 0.6 is 26.6 Å². The molecule has 3 nitrogen and oxygen atoms in total. The first-order chi connectivity index (χ1) is 9.10. The van der Waals surface area contributed by atoms with Gasteiger partial charge in [0.2, 0.25) is 14.9 Å². The van der Waals surface area contributed by atoms with Gasteiger partial charge < -0.3 is 4.74 Å². The van der Waals surface area contributed by atoms with Gasteiger partial charge in [-0.1, -0.05) is 29.8 Å². The summed E-state index contributed by atoms with van der Waals surface area (Å²) in [6, 6.07) is 2.26. The third-order valence-electron chi connectivity index (χ3n) is 2.77. The molecule has 114 valence electrons. The molecule has 0 bridgehead atoms. The summed E-state index contributed by atoms with van der Waals surface area (Å²) in [4.78, 5) is 0. The molecule has 0 N–H and O–H groups in total. The molecule has 0 fully saturated rings. The number of hydrogen-bond donors (Lipinski definition) is 0. The molecule has 0 saturated heterocycles. The second-order valence-electron chi connectivity index (χ2n) is 4.72. The molecule has 0 aliphatic carbocycles. The van der Waals surface area contributed by atoms with Crippen LogP contribution in [0.3, 0.4) is 0 Å². The van der Waals surface area contributed by atoms with E-state index >= 15 is 0 Å². The molecule has 0 radical (unpaired) electrons. The number of rotatable bonds is 6. The summed E-state index contributed by atoms with van der Waals surface area (Å²) in [6.07, 6.45) is 0. The summed E-state index contributed by atoms with van der Waals surface area (Å²) in [6.45, 7) is 3.53. The molecule has 0 amide bonds. The van der Waals surface area contributed by atoms with E-state index in [0.717, 1.165) is 6.07 Å². The minimum atomic E-state index is -3.68. The molecule has 8 heteroatoms. The van der Waals surface area contributed by atoms with Crippen LogP contribution in [0.2, 0.25) is 0 Å². The van der Waals surface area contributed by atoms with Crippen LogP contribution in [-0.2, 0) is 9.05 Å². The number of benzene rings is 1. The lowest BCUT2D eigenvalue weighted by Gasteiger charge is -2.20. The number of ether oxygens (including phenoxy) is 1. The fraction of sp³-hybridized carbons (Fsp3) is 0.500. The maximum Gasteiger partial charge on any atom is 0.233 e. The summed E-state index contributed by atoms with van der Waals surface area (Å²) in [7, 11) is 1.53. The van der Waals surface area contributed by atoms with Crippen LogP contribution in [0.5, 0.6) is 5.75 Å². The summed E-state index contributed by atoms with van der Waals surface area (Å²) in [5.41, 5.74) is 0. The van der Waals surface area contributed by atoms with Crippen molar-refractivity contribution in [3.63, 3.8) is 0 Å². The van der Waals surface area contributed by atoms with Gasteiger partial charge in [-0.15, -0.1) is 0 Å². The van der Waals surface area contributed by atoms with Crippen molar-refractivity contribution in [3.05, 3.63) is 28.2 Å². The Kier molecular flexibility index (Phi) is 6.22. The molecule has 0 saturated carbocycles. The fourth-order valence-electron chi connectivity index (χ4n) is 1.52. The molecule has 0 aliphatic heterocycles. The van der Waals surface area contributed by atoms with E-state index in [-0.39, 0.29) is 24.0 Å². The van der Waals surface area contributed by atoms with Crippen molar-refractivity contribution < 1.29 is 21.9 Å². The van der Waals surface area contributed by atoms with Gasteiger partial charge >= 0.3 is 0 Å². The Morgan fingerprint density at radius 2 is 1.95 bits per heavy atom. The zero-order valence-electron chi connectivity index (χ0n) is 10.9. The van der Waals surface area contributed by atoms with Crippen LogP contribution < -0.4 is 4.74 Å². The molecule has 0 heterocycles. The summed E-state index contributed by atoms with van der Waals surface area (Å²) in [5.74, 6) is -3.16. The lowest BCUT2D eigenvalue weighted by Crippen LogP contribution is -2.25. The van der Waals surface area contributed by atoms with Gasteiger partial charge in [0.1, 0.15) is 0 Å². The van der Waals surface area contributed by atoms with Crippen LogP contribution in [0.4, 0.5) is 8.78 Å². The van der Waals surface area contributed by atoms with Crippen molar-refractivity contribution in [1.82, 2.24) is 0 Å². The quantitative estimate of drug-likeness (QED) is 0.545. The van der Waals surface area contributed by atoms with Gasteiger partial charge in [0.15, 0.2) is 11.6 Å². The van der Waals surface area contributed by atoms with E-state index in [1.165, 1.54) is 6.07 Å². The van der Waals surface area contributed by atoms with Crippen molar-refractivity contribution in [1.29, 1.82) is 0 Å². The highest BCUT2D eigenvalue weighted by Crippen LogP contribution is 2.26. The summed E-state index contributed by atoms with van der Waals surface area (Å²) >= 11 is 3.03. The third kappa shape index (κ3) is 5.54. The van der Waals surface area contributed by atoms with Gasteiger partial charge in [-0.25, -0.2) is 12.8 Å². The molecule has 1 unspecified atom stereocenters. The molecule has 0 aliphatic rings. The largest absolute Gasteiger partial charge is 0.490 e. The van der Waals surface area contributed by atoms with E-state index in [4.69, 9.17) is 15.4 Å². The molecule has 1 atom stereocenters. The Morgan fingerprint density at radius 3 is 2.45 bits per heavy atom. The molecule has 0 aromatic heterocycles. The molecular formula is C12H14BrClF2O3S. The second kappa shape index (κ2) is 7.04. The SMILES string of the molecule is CC(C)C(COc1cc(Br)cc(F)c1F)CS(=O)(=O)Cl. The minimum absolute atomic E-state index is 0.0383. The van der Waals surface area contributed by atoms with E-state index in [1.807, 2.05) is 0 Å². The van der Waals surface area contributed by atoms with Crippen LogP contribution in [0.15, 0.2) is 16.6 Å².